The molecule has 2 saturated carbocycles. The first-order valence-corrected chi connectivity index (χ1v) is 30.5. The van der Waals surface area contributed by atoms with Crippen LogP contribution in [0, 0.1) is 37.3 Å². The maximum atomic E-state index is 15.6. The maximum absolute atomic E-state index is 15.6. The molecule has 1 amide bonds. The first kappa shape index (κ1) is 67.0. The van der Waals surface area contributed by atoms with Gasteiger partial charge >= 0.3 is 40.8 Å². The average molecular weight is 1230 g/mol. The Morgan fingerprint density at radius 2 is 1.22 bits per heavy atom. The third kappa shape index (κ3) is 15.4. The van der Waals surface area contributed by atoms with E-state index in [9.17, 15) is 45.6 Å². The summed E-state index contributed by atoms with van der Waals surface area (Å²) in [6, 6.07) is 4.20. The van der Waals surface area contributed by atoms with Crippen molar-refractivity contribution in [3.05, 3.63) is 91.4 Å². The Hall–Kier alpha value is -6.51. The van der Waals surface area contributed by atoms with E-state index in [2.05, 4.69) is 14.4 Å². The fourth-order valence-corrected chi connectivity index (χ4v) is 11.4. The van der Waals surface area contributed by atoms with Gasteiger partial charge in [-0.15, -0.1) is 0 Å². The number of anilines is 2. The normalized spacial score (nSPS) is 20.2. The lowest BCUT2D eigenvalue weighted by molar-refractivity contribution is -0.138. The van der Waals surface area contributed by atoms with Crippen molar-refractivity contribution >= 4 is 74.5 Å². The number of halogens is 5. The van der Waals surface area contributed by atoms with Gasteiger partial charge in [-0.2, -0.15) is 21.6 Å². The second-order valence-electron chi connectivity index (χ2n) is 24.5. The van der Waals surface area contributed by atoms with Crippen LogP contribution in [-0.4, -0.2) is 116 Å². The van der Waals surface area contributed by atoms with E-state index < -0.39 is 57.5 Å². The number of alkyl halides is 3. The molecule has 3 aliphatic heterocycles. The van der Waals surface area contributed by atoms with Gasteiger partial charge in [0.1, 0.15) is 17.2 Å². The van der Waals surface area contributed by atoms with Crippen LogP contribution < -0.4 is 36.2 Å². The van der Waals surface area contributed by atoms with Crippen molar-refractivity contribution in [2.75, 3.05) is 49.2 Å². The van der Waals surface area contributed by atoms with Crippen molar-refractivity contribution < 1.29 is 72.5 Å². The number of benzene rings is 2. The zero-order valence-corrected chi connectivity index (χ0v) is 51.9. The minimum Gasteiger partial charge on any atom is -0.463 e. The van der Waals surface area contributed by atoms with Crippen molar-refractivity contribution in [3.8, 4) is 5.75 Å². The zero-order valence-electron chi connectivity index (χ0n) is 51.1. The molecule has 19 nitrogen and oxygen atoms in total. The number of carbonyl (C=O) groups is 3. The Morgan fingerprint density at radius 1 is 0.756 bits per heavy atom. The van der Waals surface area contributed by atoms with E-state index in [-0.39, 0.29) is 87.4 Å². The summed E-state index contributed by atoms with van der Waals surface area (Å²) in [7, 11) is -6.58. The minimum atomic E-state index is -6.09. The number of esters is 2. The van der Waals surface area contributed by atoms with E-state index in [4.69, 9.17) is 29.3 Å². The van der Waals surface area contributed by atoms with E-state index in [0.717, 1.165) is 43.0 Å². The lowest BCUT2D eigenvalue weighted by atomic mass is 9.90. The number of nitrogens with one attached hydrogen (secondary N) is 1. The van der Waals surface area contributed by atoms with Gasteiger partial charge in [-0.25, -0.2) is 23.2 Å². The van der Waals surface area contributed by atoms with Gasteiger partial charge < -0.3 is 57.7 Å². The first-order valence-electron chi connectivity index (χ1n) is 29.1. The van der Waals surface area contributed by atoms with Gasteiger partial charge in [0.2, 0.25) is 0 Å². The minimum absolute atomic E-state index is 0.0538. The van der Waals surface area contributed by atoms with E-state index >= 15 is 8.78 Å². The summed E-state index contributed by atoms with van der Waals surface area (Å²) in [6.07, 6.45) is 8.29. The summed E-state index contributed by atoms with van der Waals surface area (Å²) in [4.78, 5) is 64.8. The molecule has 5 aliphatic rings. The Bertz CT molecular complexity index is 3500. The molecule has 5 fully saturated rings. The topological polar surface area (TPSA) is 229 Å². The number of amides is 1. The van der Waals surface area contributed by atoms with Gasteiger partial charge in [0.05, 0.1) is 46.8 Å². The summed E-state index contributed by atoms with van der Waals surface area (Å²) in [5.74, 6) is -1.04. The van der Waals surface area contributed by atoms with Crippen molar-refractivity contribution in [1.29, 1.82) is 0 Å². The molecule has 26 heteroatoms. The van der Waals surface area contributed by atoms with Crippen molar-refractivity contribution in [3.63, 3.8) is 0 Å². The second kappa shape index (κ2) is 26.1. The zero-order chi connectivity index (χ0) is 63.8. The molecule has 2 aromatic heterocycles. The molecule has 2 aromatic carbocycles. The largest absolute Gasteiger partial charge is 0.534 e. The van der Waals surface area contributed by atoms with E-state index in [0.29, 0.717) is 74.1 Å². The Labute approximate surface area is 498 Å². The van der Waals surface area contributed by atoms with Crippen molar-refractivity contribution in [2.45, 2.75) is 175 Å². The molecule has 2 aliphatic carbocycles. The predicted molar refractivity (Wildman–Crippen MR) is 319 cm³/mol. The van der Waals surface area contributed by atoms with Crippen LogP contribution in [0.2, 0.25) is 0 Å². The van der Waals surface area contributed by atoms with Crippen LogP contribution in [0.1, 0.15) is 143 Å². The summed E-state index contributed by atoms with van der Waals surface area (Å²) in [5.41, 5.74) is 1.19. The molecule has 4 aromatic rings. The molecule has 9 rings (SSSR count). The van der Waals surface area contributed by atoms with Gasteiger partial charge in [-0.05, 0) is 181 Å². The van der Waals surface area contributed by atoms with E-state index in [1.54, 1.807) is 56.1 Å². The summed E-state index contributed by atoms with van der Waals surface area (Å²) in [6.45, 7) is 26.7. The predicted octanol–water partition coefficient (Wildman–Crippen LogP) is 10.0. The van der Waals surface area contributed by atoms with Gasteiger partial charge in [-0.3, -0.25) is 9.59 Å². The Morgan fingerprint density at radius 3 is 1.69 bits per heavy atom. The molecule has 4 atom stereocenters. The van der Waals surface area contributed by atoms with Gasteiger partial charge in [0.15, 0.2) is 5.75 Å². The highest BCUT2D eigenvalue weighted by atomic mass is 32.2. The Balaban J connectivity index is 0.000000200. The SMILES string of the molecule is CCOC(=O)/C=C/B1OC(C)(C)C(C)(C)O1.CCOC(=O)/C=C/c1cc(=O)n(C2CC2)c2c(C)c(N3CC[C@@H]([C@H](C)N)C3)c(F)cc12.Cc1c(N2CC[C@@H]([C@H](C)NC(=O)OC(C)(C)C)C2)c(F)cc2c(OS(=O)(=O)C(F)(F)F)cc(=O)n(C3CC3)c12. The third-order valence-electron chi connectivity index (χ3n) is 16.2. The van der Waals surface area contributed by atoms with E-state index in [1.165, 1.54) is 35.8 Å². The molecular weight excluding hydrogens is 1150 g/mol. The molecule has 0 bridgehead atoms. The fourth-order valence-electron chi connectivity index (χ4n) is 10.9. The summed E-state index contributed by atoms with van der Waals surface area (Å²) in [5, 5.41) is 3.18. The number of carbonyl (C=O) groups excluding carboxylic acids is 3. The number of alkyl carbamates (subject to hydrolysis) is 1. The number of hydrogen-bond donors (Lipinski definition) is 2. The molecule has 5 heterocycles. The molecule has 0 spiro atoms. The molecular formula is C60H80BF5N6O13S. The van der Waals surface area contributed by atoms with Gasteiger partial charge in [-0.1, -0.05) is 0 Å². The number of pyridine rings is 2. The smallest absolute Gasteiger partial charge is 0.463 e. The molecule has 0 unspecified atom stereocenters. The highest BCUT2D eigenvalue weighted by molar-refractivity contribution is 7.88. The second-order valence-corrected chi connectivity index (χ2v) is 26.1. The quantitative estimate of drug-likeness (QED) is 0.0214. The Kier molecular flexibility index (Phi) is 20.3. The number of rotatable bonds is 15. The molecule has 3 saturated heterocycles. The number of nitrogens with zero attached hydrogens (tertiary/aromatic N) is 4. The van der Waals surface area contributed by atoms with Crippen LogP contribution >= 0.6 is 0 Å². The fraction of sp³-hybridized carbons (Fsp3) is 0.583. The van der Waals surface area contributed by atoms with Crippen LogP contribution in [0.3, 0.4) is 0 Å². The number of nitrogens with two attached hydrogens (primary N) is 1. The van der Waals surface area contributed by atoms with Crippen LogP contribution in [-0.2, 0) is 43.2 Å². The summed E-state index contributed by atoms with van der Waals surface area (Å²) >= 11 is 0. The molecule has 472 valence electrons. The molecule has 86 heavy (non-hydrogen) atoms. The van der Waals surface area contributed by atoms with Crippen molar-refractivity contribution in [2.24, 2.45) is 17.6 Å². The first-order chi connectivity index (χ1) is 40.0. The lowest BCUT2D eigenvalue weighted by Gasteiger charge is -2.32. The van der Waals surface area contributed by atoms with Crippen LogP contribution in [0.5, 0.6) is 5.75 Å². The molecule has 0 radical (unpaired) electrons. The third-order valence-corrected chi connectivity index (χ3v) is 17.2. The van der Waals surface area contributed by atoms with Crippen LogP contribution in [0.25, 0.3) is 27.9 Å². The standard InChI is InChI=1S/C25H31F4N3O6S.C24H30FN3O3.C11H19BO4/c1-13-21-17(19(38-39(35,36)25(27,28)29)11-20(33)32(21)16-6-7-16)10-18(26)22(13)31-9-8-15(12-31)14(2)30-23(34)37-24(3,4)5;1-4-31-22(30)8-5-16-11-21(29)28(18-6-7-18)23-14(2)24(20(25)12-19(16)23)27-10-9-17(13-27)15(3)26;1-6-14-9(13)7-8-12-15-10(2,3)11(4,5)16-12/h10-11,14-16H,6-9,12H2,1-5H3,(H,30,34);5,8,11-12,15,17-18H,4,6-7,9-10,13,26H2,1-3H3;7-8H,6H2,1-5H3/b;8-5+;8-7+/t14-,15+;15-,17+;/m00./s1. The van der Waals surface area contributed by atoms with Gasteiger partial charge in [0, 0.05) is 85.4 Å². The van der Waals surface area contributed by atoms with E-state index in [1.807, 2.05) is 48.5 Å². The highest BCUT2D eigenvalue weighted by Crippen LogP contribution is 2.45. The maximum Gasteiger partial charge on any atom is 0.534 e. The number of aromatic nitrogens is 2. The van der Waals surface area contributed by atoms with Crippen LogP contribution in [0.4, 0.5) is 38.1 Å². The number of fused-ring (bicyclic) bond motifs is 2. The number of aryl methyl sites for hydroxylation is 2. The van der Waals surface area contributed by atoms with Gasteiger partial charge in [0.25, 0.3) is 11.1 Å². The molecule has 3 N–H and O–H groups in total. The number of ether oxygens (including phenoxy) is 3. The lowest BCUT2D eigenvalue weighted by Crippen LogP contribution is -2.42. The van der Waals surface area contributed by atoms with Crippen molar-refractivity contribution in [1.82, 2.24) is 14.5 Å². The summed E-state index contributed by atoms with van der Waals surface area (Å²) < 4.78 is 127. The highest BCUT2D eigenvalue weighted by Gasteiger charge is 2.51. The van der Waals surface area contributed by atoms with Crippen LogP contribution in [0.15, 0.2) is 52.0 Å². The number of hydrogen-bond acceptors (Lipinski definition) is 16. The monoisotopic (exact) mass is 1230 g/mol. The average Bonchev–Trinajstić information content (AvgIpc) is 1.43.